The van der Waals surface area contributed by atoms with Gasteiger partial charge in [-0.05, 0) is 69.0 Å². The molecule has 0 radical (unpaired) electrons. The van der Waals surface area contributed by atoms with E-state index in [9.17, 15) is 0 Å². The molecule has 0 saturated carbocycles. The lowest BCUT2D eigenvalue weighted by molar-refractivity contribution is 0.616. The second-order valence-electron chi connectivity index (χ2n) is 4.69. The lowest BCUT2D eigenvalue weighted by atomic mass is 10.0. The van der Waals surface area contributed by atoms with Gasteiger partial charge in [-0.1, -0.05) is 31.0 Å². The highest BCUT2D eigenvalue weighted by molar-refractivity contribution is 6.31. The molecule has 1 aromatic rings. The SMILES string of the molecule is CCNCCCCCc1cc(C)c(C)cc1Cl. The molecule has 17 heavy (non-hydrogen) atoms. The van der Waals surface area contributed by atoms with Gasteiger partial charge >= 0.3 is 0 Å². The van der Waals surface area contributed by atoms with Crippen LogP contribution < -0.4 is 5.32 Å². The smallest absolute Gasteiger partial charge is 0.0440 e. The molecular formula is C15H24ClN. The Morgan fingerprint density at radius 2 is 1.76 bits per heavy atom. The first-order chi connectivity index (χ1) is 8.15. The Morgan fingerprint density at radius 3 is 2.47 bits per heavy atom. The summed E-state index contributed by atoms with van der Waals surface area (Å²) in [7, 11) is 0. The van der Waals surface area contributed by atoms with Gasteiger partial charge in [0.05, 0.1) is 0 Å². The minimum atomic E-state index is 0.930. The summed E-state index contributed by atoms with van der Waals surface area (Å²) in [5, 5.41) is 4.28. The molecule has 0 amide bonds. The van der Waals surface area contributed by atoms with Crippen LogP contribution in [0.15, 0.2) is 12.1 Å². The average molecular weight is 254 g/mol. The molecule has 1 aromatic carbocycles. The quantitative estimate of drug-likeness (QED) is 0.716. The molecule has 0 atom stereocenters. The van der Waals surface area contributed by atoms with Crippen LogP contribution in [-0.2, 0) is 6.42 Å². The molecule has 0 heterocycles. The van der Waals surface area contributed by atoms with Crippen LogP contribution in [0.3, 0.4) is 0 Å². The van der Waals surface area contributed by atoms with E-state index in [0.717, 1.165) is 24.5 Å². The van der Waals surface area contributed by atoms with Gasteiger partial charge in [-0.15, -0.1) is 0 Å². The lowest BCUT2D eigenvalue weighted by Gasteiger charge is -2.08. The highest BCUT2D eigenvalue weighted by Gasteiger charge is 2.03. The normalized spacial score (nSPS) is 10.8. The number of rotatable bonds is 7. The fourth-order valence-corrected chi connectivity index (χ4v) is 2.26. The fraction of sp³-hybridized carbons (Fsp3) is 0.600. The van der Waals surface area contributed by atoms with Crippen molar-refractivity contribution < 1.29 is 0 Å². The van der Waals surface area contributed by atoms with Crippen molar-refractivity contribution in [1.82, 2.24) is 5.32 Å². The molecule has 1 N–H and O–H groups in total. The summed E-state index contributed by atoms with van der Waals surface area (Å²) in [6, 6.07) is 4.33. The Bertz CT molecular complexity index is 347. The monoisotopic (exact) mass is 253 g/mol. The zero-order chi connectivity index (χ0) is 12.7. The first-order valence-corrected chi connectivity index (χ1v) is 6.99. The molecule has 0 saturated heterocycles. The number of hydrogen-bond acceptors (Lipinski definition) is 1. The van der Waals surface area contributed by atoms with E-state index in [4.69, 9.17) is 11.6 Å². The van der Waals surface area contributed by atoms with Crippen molar-refractivity contribution in [2.24, 2.45) is 0 Å². The molecule has 0 spiro atoms. The van der Waals surface area contributed by atoms with Crippen LogP contribution in [0.4, 0.5) is 0 Å². The maximum Gasteiger partial charge on any atom is 0.0440 e. The lowest BCUT2D eigenvalue weighted by Crippen LogP contribution is -2.13. The predicted octanol–water partition coefficient (Wildman–Crippen LogP) is 4.28. The Morgan fingerprint density at radius 1 is 1.06 bits per heavy atom. The Balaban J connectivity index is 2.34. The van der Waals surface area contributed by atoms with Crippen molar-refractivity contribution in [1.29, 1.82) is 0 Å². The summed E-state index contributed by atoms with van der Waals surface area (Å²) >= 11 is 6.25. The largest absolute Gasteiger partial charge is 0.317 e. The number of hydrogen-bond donors (Lipinski definition) is 1. The summed E-state index contributed by atoms with van der Waals surface area (Å²) in [5.41, 5.74) is 3.93. The summed E-state index contributed by atoms with van der Waals surface area (Å²) in [5.74, 6) is 0. The Labute approximate surface area is 111 Å². The van der Waals surface area contributed by atoms with Gasteiger partial charge in [0.2, 0.25) is 0 Å². The van der Waals surface area contributed by atoms with Crippen molar-refractivity contribution in [3.63, 3.8) is 0 Å². The third-order valence-electron chi connectivity index (χ3n) is 3.21. The topological polar surface area (TPSA) is 12.0 Å². The van der Waals surface area contributed by atoms with E-state index in [-0.39, 0.29) is 0 Å². The van der Waals surface area contributed by atoms with E-state index in [1.165, 1.54) is 36.0 Å². The summed E-state index contributed by atoms with van der Waals surface area (Å²) < 4.78 is 0. The van der Waals surface area contributed by atoms with Crippen molar-refractivity contribution in [3.8, 4) is 0 Å². The fourth-order valence-electron chi connectivity index (χ4n) is 1.95. The summed E-state index contributed by atoms with van der Waals surface area (Å²) in [6.45, 7) is 8.62. The molecule has 1 rings (SSSR count). The van der Waals surface area contributed by atoms with Gasteiger partial charge in [-0.2, -0.15) is 0 Å². The number of halogens is 1. The van der Waals surface area contributed by atoms with Crippen LogP contribution in [0.2, 0.25) is 5.02 Å². The zero-order valence-electron chi connectivity index (χ0n) is 11.3. The first-order valence-electron chi connectivity index (χ1n) is 6.61. The van der Waals surface area contributed by atoms with Crippen molar-refractivity contribution in [2.45, 2.75) is 46.5 Å². The van der Waals surface area contributed by atoms with Crippen LogP contribution in [-0.4, -0.2) is 13.1 Å². The second-order valence-corrected chi connectivity index (χ2v) is 5.10. The minimum absolute atomic E-state index is 0.930. The zero-order valence-corrected chi connectivity index (χ0v) is 12.0. The molecule has 0 fully saturated rings. The maximum absolute atomic E-state index is 6.25. The molecule has 2 heteroatoms. The number of unbranched alkanes of at least 4 members (excludes halogenated alkanes) is 2. The van der Waals surface area contributed by atoms with Gasteiger partial charge in [0, 0.05) is 5.02 Å². The van der Waals surface area contributed by atoms with Gasteiger partial charge in [0.1, 0.15) is 0 Å². The van der Waals surface area contributed by atoms with Gasteiger partial charge in [-0.3, -0.25) is 0 Å². The number of nitrogens with one attached hydrogen (secondary N) is 1. The van der Waals surface area contributed by atoms with Crippen LogP contribution in [0.25, 0.3) is 0 Å². The third kappa shape index (κ3) is 5.10. The first kappa shape index (κ1) is 14.5. The summed E-state index contributed by atoms with van der Waals surface area (Å²) in [4.78, 5) is 0. The molecule has 0 aliphatic carbocycles. The predicted molar refractivity (Wildman–Crippen MR) is 77.0 cm³/mol. The maximum atomic E-state index is 6.25. The number of benzene rings is 1. The molecule has 1 nitrogen and oxygen atoms in total. The molecule has 0 aliphatic rings. The highest BCUT2D eigenvalue weighted by Crippen LogP contribution is 2.22. The van der Waals surface area contributed by atoms with Crippen molar-refractivity contribution in [2.75, 3.05) is 13.1 Å². The van der Waals surface area contributed by atoms with E-state index in [1.807, 2.05) is 0 Å². The van der Waals surface area contributed by atoms with Gasteiger partial charge in [-0.25, -0.2) is 0 Å². The molecule has 0 aliphatic heterocycles. The molecule has 0 aromatic heterocycles. The van der Waals surface area contributed by atoms with E-state index in [0.29, 0.717) is 0 Å². The van der Waals surface area contributed by atoms with Gasteiger partial charge < -0.3 is 5.32 Å². The highest BCUT2D eigenvalue weighted by atomic mass is 35.5. The van der Waals surface area contributed by atoms with Crippen LogP contribution in [0.1, 0.15) is 42.9 Å². The molecule has 0 unspecified atom stereocenters. The van der Waals surface area contributed by atoms with Crippen LogP contribution >= 0.6 is 11.6 Å². The minimum Gasteiger partial charge on any atom is -0.317 e. The van der Waals surface area contributed by atoms with E-state index in [2.05, 4.69) is 38.2 Å². The Kier molecular flexibility index (Phi) is 6.61. The van der Waals surface area contributed by atoms with Gasteiger partial charge in [0.25, 0.3) is 0 Å². The van der Waals surface area contributed by atoms with Crippen LogP contribution in [0.5, 0.6) is 0 Å². The molecule has 96 valence electrons. The summed E-state index contributed by atoms with van der Waals surface area (Å²) in [6.07, 6.45) is 4.87. The third-order valence-corrected chi connectivity index (χ3v) is 3.56. The van der Waals surface area contributed by atoms with Gasteiger partial charge in [0.15, 0.2) is 0 Å². The average Bonchev–Trinajstić information content (AvgIpc) is 2.30. The van der Waals surface area contributed by atoms with E-state index < -0.39 is 0 Å². The standard InChI is InChI=1S/C15H24ClN/c1-4-17-9-7-5-6-8-14-10-12(2)13(3)11-15(14)16/h10-11,17H,4-9H2,1-3H3. The van der Waals surface area contributed by atoms with Crippen molar-refractivity contribution in [3.05, 3.63) is 33.8 Å². The van der Waals surface area contributed by atoms with E-state index in [1.54, 1.807) is 0 Å². The molecule has 0 bridgehead atoms. The second kappa shape index (κ2) is 7.73. The Hall–Kier alpha value is -0.530. The van der Waals surface area contributed by atoms with Crippen molar-refractivity contribution >= 4 is 11.6 Å². The van der Waals surface area contributed by atoms with Crippen LogP contribution in [0, 0.1) is 13.8 Å². The number of aryl methyl sites for hydroxylation is 3. The molecular weight excluding hydrogens is 230 g/mol. The van der Waals surface area contributed by atoms with E-state index >= 15 is 0 Å².